The van der Waals surface area contributed by atoms with Crippen LogP contribution in [0.25, 0.3) is 0 Å². The van der Waals surface area contributed by atoms with Crippen molar-refractivity contribution in [2.75, 3.05) is 6.61 Å². The predicted octanol–water partition coefficient (Wildman–Crippen LogP) is 6.40. The molecule has 0 aliphatic rings. The molecule has 0 bridgehead atoms. The summed E-state index contributed by atoms with van der Waals surface area (Å²) in [5.74, 6) is 0.260. The molecular weight excluding hydrogens is 352 g/mol. The third-order valence-corrected chi connectivity index (χ3v) is 4.74. The lowest BCUT2D eigenvalue weighted by molar-refractivity contribution is -0.144. The third kappa shape index (κ3) is 11.8. The Morgan fingerprint density at radius 1 is 0.750 bits per heavy atom. The van der Waals surface area contributed by atoms with Crippen molar-refractivity contribution >= 4 is 11.9 Å². The van der Waals surface area contributed by atoms with Gasteiger partial charge in [-0.05, 0) is 37.3 Å². The molecule has 4 heteroatoms. The fourth-order valence-corrected chi connectivity index (χ4v) is 3.11. The summed E-state index contributed by atoms with van der Waals surface area (Å²) >= 11 is 0. The van der Waals surface area contributed by atoms with Gasteiger partial charge in [0.15, 0.2) is 0 Å². The Hall–Kier alpha value is -1.84. The number of aryl methyl sites for hydroxylation is 1. The highest BCUT2D eigenvalue weighted by atomic mass is 16.5. The minimum Gasteiger partial charge on any atom is -0.466 e. The summed E-state index contributed by atoms with van der Waals surface area (Å²) in [5, 5.41) is 0. The van der Waals surface area contributed by atoms with E-state index in [1.54, 1.807) is 0 Å². The molecule has 0 aromatic heterocycles. The lowest BCUT2D eigenvalue weighted by Crippen LogP contribution is -2.10. The van der Waals surface area contributed by atoms with Crippen molar-refractivity contribution in [1.29, 1.82) is 0 Å². The van der Waals surface area contributed by atoms with Gasteiger partial charge in [0.25, 0.3) is 0 Å². The molecule has 1 aromatic rings. The smallest absolute Gasteiger partial charge is 0.311 e. The summed E-state index contributed by atoms with van der Waals surface area (Å²) < 4.78 is 10.7. The summed E-state index contributed by atoms with van der Waals surface area (Å²) in [6, 6.07) is 7.67. The van der Waals surface area contributed by atoms with Gasteiger partial charge in [-0.15, -0.1) is 0 Å². The van der Waals surface area contributed by atoms with Crippen LogP contribution in [0.15, 0.2) is 24.3 Å². The van der Waals surface area contributed by atoms with Gasteiger partial charge < -0.3 is 9.47 Å². The highest BCUT2D eigenvalue weighted by molar-refractivity contribution is 5.73. The Morgan fingerprint density at radius 2 is 1.39 bits per heavy atom. The Morgan fingerprint density at radius 3 is 2.11 bits per heavy atom. The Balaban J connectivity index is 2.05. The molecule has 0 saturated carbocycles. The highest BCUT2D eigenvalue weighted by Gasteiger charge is 2.09. The minimum atomic E-state index is -0.236. The van der Waals surface area contributed by atoms with Crippen LogP contribution in [0.4, 0.5) is 0 Å². The van der Waals surface area contributed by atoms with E-state index in [9.17, 15) is 9.59 Å². The van der Waals surface area contributed by atoms with Crippen molar-refractivity contribution in [1.82, 2.24) is 0 Å². The van der Waals surface area contributed by atoms with Crippen molar-refractivity contribution < 1.29 is 19.1 Å². The van der Waals surface area contributed by atoms with Crippen LogP contribution in [0.3, 0.4) is 0 Å². The first-order valence-electron chi connectivity index (χ1n) is 11.1. The molecule has 0 N–H and O–H groups in total. The fourth-order valence-electron chi connectivity index (χ4n) is 3.11. The van der Waals surface area contributed by atoms with Crippen LogP contribution in [0.2, 0.25) is 0 Å². The van der Waals surface area contributed by atoms with Gasteiger partial charge >= 0.3 is 11.9 Å². The maximum atomic E-state index is 12.0. The van der Waals surface area contributed by atoms with Crippen molar-refractivity contribution in [2.24, 2.45) is 0 Å². The van der Waals surface area contributed by atoms with Gasteiger partial charge in [-0.25, -0.2) is 0 Å². The molecule has 0 aliphatic heterocycles. The molecule has 0 unspecified atom stereocenters. The molecule has 1 rings (SSSR count). The normalized spacial score (nSPS) is 10.6. The monoisotopic (exact) mass is 390 g/mol. The molecule has 0 amide bonds. The highest BCUT2D eigenvalue weighted by Crippen LogP contribution is 2.20. The Kier molecular flexibility index (Phi) is 14.0. The van der Waals surface area contributed by atoms with Crippen LogP contribution in [0.1, 0.15) is 96.5 Å². The summed E-state index contributed by atoms with van der Waals surface area (Å²) in [5.41, 5.74) is 1.06. The first-order chi connectivity index (χ1) is 13.7. The van der Waals surface area contributed by atoms with Crippen molar-refractivity contribution in [3.63, 3.8) is 0 Å². The number of para-hydroxylation sites is 1. The van der Waals surface area contributed by atoms with E-state index >= 15 is 0 Å². The second-order valence-corrected chi connectivity index (χ2v) is 7.38. The van der Waals surface area contributed by atoms with E-state index in [0.29, 0.717) is 38.0 Å². The first-order valence-corrected chi connectivity index (χ1v) is 11.1. The Bertz CT molecular complexity index is 553. The van der Waals surface area contributed by atoms with E-state index in [2.05, 4.69) is 13.8 Å². The summed E-state index contributed by atoms with van der Waals surface area (Å²) in [6.45, 7) is 4.84. The number of hydrogen-bond donors (Lipinski definition) is 0. The summed E-state index contributed by atoms with van der Waals surface area (Å²) in [6.07, 6.45) is 12.4. The number of ether oxygens (including phenoxy) is 2. The quantitative estimate of drug-likeness (QED) is 0.186. The second-order valence-electron chi connectivity index (χ2n) is 7.38. The van der Waals surface area contributed by atoms with E-state index in [-0.39, 0.29) is 11.9 Å². The Labute approximate surface area is 171 Å². The zero-order valence-corrected chi connectivity index (χ0v) is 17.8. The maximum Gasteiger partial charge on any atom is 0.311 e. The van der Waals surface area contributed by atoms with E-state index in [1.807, 2.05) is 24.3 Å². The van der Waals surface area contributed by atoms with Crippen LogP contribution in [0.5, 0.6) is 5.75 Å². The topological polar surface area (TPSA) is 52.6 Å². The van der Waals surface area contributed by atoms with Crippen molar-refractivity contribution in [3.05, 3.63) is 29.8 Å². The van der Waals surface area contributed by atoms with Crippen LogP contribution >= 0.6 is 0 Å². The van der Waals surface area contributed by atoms with Crippen LogP contribution in [0, 0.1) is 0 Å². The zero-order valence-electron chi connectivity index (χ0n) is 17.8. The SMILES string of the molecule is CCCCCCCCCOC(=O)CCCCC(=O)Oc1ccccc1CCC. The average Bonchev–Trinajstić information content (AvgIpc) is 2.69. The molecule has 0 spiro atoms. The maximum absolute atomic E-state index is 12.0. The first kappa shape index (κ1) is 24.2. The van der Waals surface area contributed by atoms with E-state index < -0.39 is 0 Å². The molecule has 0 heterocycles. The lowest BCUT2D eigenvalue weighted by Gasteiger charge is -2.09. The molecule has 0 saturated heterocycles. The van der Waals surface area contributed by atoms with Gasteiger partial charge in [0.05, 0.1) is 6.61 Å². The van der Waals surface area contributed by atoms with Gasteiger partial charge in [-0.1, -0.05) is 77.0 Å². The number of esters is 2. The van der Waals surface area contributed by atoms with Gasteiger partial charge in [-0.3, -0.25) is 9.59 Å². The summed E-state index contributed by atoms with van der Waals surface area (Å²) in [7, 11) is 0. The van der Waals surface area contributed by atoms with Crippen LogP contribution in [-0.2, 0) is 20.7 Å². The molecule has 0 atom stereocenters. The number of hydrogen-bond acceptors (Lipinski definition) is 4. The largest absolute Gasteiger partial charge is 0.466 e. The summed E-state index contributed by atoms with van der Waals surface area (Å²) in [4.78, 5) is 23.7. The predicted molar refractivity (Wildman–Crippen MR) is 113 cm³/mol. The van der Waals surface area contributed by atoms with Crippen LogP contribution in [-0.4, -0.2) is 18.5 Å². The number of carbonyl (C=O) groups excluding carboxylic acids is 2. The molecule has 158 valence electrons. The lowest BCUT2D eigenvalue weighted by atomic mass is 10.1. The van der Waals surface area contributed by atoms with Gasteiger partial charge in [-0.2, -0.15) is 0 Å². The molecule has 4 nitrogen and oxygen atoms in total. The van der Waals surface area contributed by atoms with Gasteiger partial charge in [0.1, 0.15) is 5.75 Å². The standard InChI is InChI=1S/C24H38O4/c1-3-5-6-7-8-9-14-20-27-23(25)18-12-13-19-24(26)28-22-17-11-10-16-21(22)15-4-2/h10-11,16-17H,3-9,12-15,18-20H2,1-2H3. The van der Waals surface area contributed by atoms with Gasteiger partial charge in [0, 0.05) is 12.8 Å². The molecule has 28 heavy (non-hydrogen) atoms. The average molecular weight is 391 g/mol. The second kappa shape index (κ2) is 16.1. The van der Waals surface area contributed by atoms with Crippen molar-refractivity contribution in [3.8, 4) is 5.75 Å². The molecule has 0 radical (unpaired) electrons. The van der Waals surface area contributed by atoms with E-state index in [0.717, 1.165) is 31.2 Å². The molecule has 0 fully saturated rings. The van der Waals surface area contributed by atoms with Gasteiger partial charge in [0.2, 0.25) is 0 Å². The van der Waals surface area contributed by atoms with E-state index in [1.165, 1.54) is 32.1 Å². The fraction of sp³-hybridized carbons (Fsp3) is 0.667. The molecule has 0 aliphatic carbocycles. The molecule has 1 aromatic carbocycles. The third-order valence-electron chi connectivity index (χ3n) is 4.74. The molecular formula is C24H38O4. The van der Waals surface area contributed by atoms with Crippen molar-refractivity contribution in [2.45, 2.75) is 97.3 Å². The number of benzene rings is 1. The minimum absolute atomic E-state index is 0.160. The number of unbranched alkanes of at least 4 members (excludes halogenated alkanes) is 7. The number of rotatable bonds is 16. The number of carbonyl (C=O) groups is 2. The van der Waals surface area contributed by atoms with E-state index in [4.69, 9.17) is 9.47 Å². The van der Waals surface area contributed by atoms with Crippen LogP contribution < -0.4 is 4.74 Å². The zero-order chi connectivity index (χ0) is 20.5.